The Morgan fingerprint density at radius 1 is 1.44 bits per heavy atom. The molecule has 0 spiro atoms. The van der Waals surface area contributed by atoms with Gasteiger partial charge in [0.05, 0.1) is 19.5 Å². The number of rotatable bonds is 6. The Morgan fingerprint density at radius 2 is 2.33 bits per heavy atom. The van der Waals surface area contributed by atoms with E-state index in [0.29, 0.717) is 24.7 Å². The number of carbonyl (C=O) groups excluding carboxylic acids is 1. The van der Waals surface area contributed by atoms with Crippen molar-refractivity contribution in [1.29, 1.82) is 0 Å². The molecule has 0 unspecified atom stereocenters. The van der Waals surface area contributed by atoms with Crippen LogP contribution in [-0.4, -0.2) is 27.6 Å². The maximum atomic E-state index is 10.5. The first kappa shape index (κ1) is 12.2. The molecule has 18 heavy (non-hydrogen) atoms. The van der Waals surface area contributed by atoms with Gasteiger partial charge in [-0.2, -0.15) is 4.98 Å². The summed E-state index contributed by atoms with van der Waals surface area (Å²) in [5.41, 5.74) is 5.86. The van der Waals surface area contributed by atoms with Gasteiger partial charge in [-0.15, -0.1) is 0 Å². The van der Waals surface area contributed by atoms with Crippen molar-refractivity contribution in [2.24, 2.45) is 5.73 Å². The van der Waals surface area contributed by atoms with Crippen LogP contribution in [0, 0.1) is 0 Å². The number of pyridine rings is 1. The summed E-state index contributed by atoms with van der Waals surface area (Å²) >= 11 is 0. The van der Waals surface area contributed by atoms with Crippen LogP contribution in [0.25, 0.3) is 0 Å². The first-order chi connectivity index (χ1) is 8.74. The van der Waals surface area contributed by atoms with Crippen LogP contribution >= 0.6 is 0 Å². The molecule has 0 radical (unpaired) electrons. The molecule has 0 aliphatic rings. The van der Waals surface area contributed by atoms with E-state index in [0.717, 1.165) is 5.69 Å². The van der Waals surface area contributed by atoms with Gasteiger partial charge in [0.15, 0.2) is 5.82 Å². The highest BCUT2D eigenvalue weighted by atomic mass is 16.5. The Kier molecular flexibility index (Phi) is 3.98. The zero-order valence-corrected chi connectivity index (χ0v) is 9.67. The molecule has 0 fully saturated rings. The minimum Gasteiger partial charge on any atom is -0.369 e. The minimum absolute atomic E-state index is 0.0813. The van der Waals surface area contributed by atoms with Gasteiger partial charge in [0.1, 0.15) is 0 Å². The standard InChI is InChI=1S/C11H13N5O2/c12-9(17)6-13-7-11-15-10(16-18-11)5-8-3-1-2-4-14-8/h1-4,13H,5-7H2,(H2,12,17). The third-order valence-electron chi connectivity index (χ3n) is 2.15. The van der Waals surface area contributed by atoms with Gasteiger partial charge in [-0.3, -0.25) is 15.1 Å². The zero-order chi connectivity index (χ0) is 12.8. The molecule has 2 aromatic heterocycles. The molecular formula is C11H13N5O2. The second kappa shape index (κ2) is 5.87. The third-order valence-corrected chi connectivity index (χ3v) is 2.15. The molecule has 0 aliphatic heterocycles. The van der Waals surface area contributed by atoms with Crippen LogP contribution < -0.4 is 11.1 Å². The Morgan fingerprint density at radius 3 is 3.06 bits per heavy atom. The fourth-order valence-electron chi connectivity index (χ4n) is 1.39. The lowest BCUT2D eigenvalue weighted by molar-refractivity contribution is -0.117. The zero-order valence-electron chi connectivity index (χ0n) is 9.67. The molecule has 0 aliphatic carbocycles. The molecule has 0 saturated carbocycles. The van der Waals surface area contributed by atoms with E-state index in [1.165, 1.54) is 0 Å². The maximum absolute atomic E-state index is 10.5. The Labute approximate surface area is 103 Å². The maximum Gasteiger partial charge on any atom is 0.240 e. The summed E-state index contributed by atoms with van der Waals surface area (Å²) in [6.07, 6.45) is 2.23. The minimum atomic E-state index is -0.428. The first-order valence-electron chi connectivity index (χ1n) is 5.44. The molecule has 7 nitrogen and oxygen atoms in total. The Balaban J connectivity index is 1.88. The highest BCUT2D eigenvalue weighted by Crippen LogP contribution is 2.03. The number of nitrogens with two attached hydrogens (primary N) is 1. The molecule has 94 valence electrons. The topological polar surface area (TPSA) is 107 Å². The summed E-state index contributed by atoms with van der Waals surface area (Å²) in [6.45, 7) is 0.399. The number of nitrogens with one attached hydrogen (secondary N) is 1. The van der Waals surface area contributed by atoms with Gasteiger partial charge in [0.25, 0.3) is 0 Å². The van der Waals surface area contributed by atoms with Gasteiger partial charge < -0.3 is 10.3 Å². The first-order valence-corrected chi connectivity index (χ1v) is 5.44. The largest absolute Gasteiger partial charge is 0.369 e. The summed E-state index contributed by atoms with van der Waals surface area (Å²) in [5, 5.41) is 6.62. The van der Waals surface area contributed by atoms with Crippen molar-refractivity contribution in [1.82, 2.24) is 20.4 Å². The lowest BCUT2D eigenvalue weighted by Gasteiger charge is -1.95. The summed E-state index contributed by atoms with van der Waals surface area (Å²) in [4.78, 5) is 18.9. The molecule has 0 bridgehead atoms. The summed E-state index contributed by atoms with van der Waals surface area (Å²) in [7, 11) is 0. The van der Waals surface area contributed by atoms with Gasteiger partial charge in [0, 0.05) is 11.9 Å². The average Bonchev–Trinajstić information content (AvgIpc) is 2.78. The van der Waals surface area contributed by atoms with E-state index in [1.54, 1.807) is 6.20 Å². The van der Waals surface area contributed by atoms with Crippen LogP contribution in [0.5, 0.6) is 0 Å². The van der Waals surface area contributed by atoms with Crippen molar-refractivity contribution in [2.75, 3.05) is 6.54 Å². The van der Waals surface area contributed by atoms with E-state index in [9.17, 15) is 4.79 Å². The molecule has 2 heterocycles. The predicted octanol–water partition coefficient (Wildman–Crippen LogP) is -0.370. The molecule has 2 rings (SSSR count). The fraction of sp³-hybridized carbons (Fsp3) is 0.273. The van der Waals surface area contributed by atoms with Crippen molar-refractivity contribution in [3.63, 3.8) is 0 Å². The van der Waals surface area contributed by atoms with Gasteiger partial charge in [-0.25, -0.2) is 0 Å². The lowest BCUT2D eigenvalue weighted by atomic mass is 10.2. The summed E-state index contributed by atoms with van der Waals surface area (Å²) in [6, 6.07) is 5.64. The van der Waals surface area contributed by atoms with E-state index in [1.807, 2.05) is 18.2 Å². The van der Waals surface area contributed by atoms with Gasteiger partial charge in [-0.05, 0) is 12.1 Å². The van der Waals surface area contributed by atoms with Crippen molar-refractivity contribution in [2.45, 2.75) is 13.0 Å². The van der Waals surface area contributed by atoms with E-state index < -0.39 is 5.91 Å². The van der Waals surface area contributed by atoms with Gasteiger partial charge in [-0.1, -0.05) is 11.2 Å². The number of aromatic nitrogens is 3. The summed E-state index contributed by atoms with van der Waals surface area (Å²) in [5.74, 6) is 0.551. The quantitative estimate of drug-likeness (QED) is 0.721. The molecule has 0 saturated heterocycles. The molecular weight excluding hydrogens is 234 g/mol. The predicted molar refractivity (Wildman–Crippen MR) is 62.2 cm³/mol. The van der Waals surface area contributed by atoms with Crippen molar-refractivity contribution in [3.05, 3.63) is 41.8 Å². The lowest BCUT2D eigenvalue weighted by Crippen LogP contribution is -2.28. The van der Waals surface area contributed by atoms with Crippen LogP contribution in [0.1, 0.15) is 17.4 Å². The molecule has 1 amide bonds. The molecule has 0 atom stereocenters. The molecule has 7 heteroatoms. The van der Waals surface area contributed by atoms with E-state index in [-0.39, 0.29) is 6.54 Å². The van der Waals surface area contributed by atoms with Crippen LogP contribution in [0.15, 0.2) is 28.9 Å². The number of nitrogens with zero attached hydrogens (tertiary/aromatic N) is 3. The number of primary amides is 1. The van der Waals surface area contributed by atoms with E-state index in [2.05, 4.69) is 20.4 Å². The van der Waals surface area contributed by atoms with Crippen LogP contribution in [0.3, 0.4) is 0 Å². The van der Waals surface area contributed by atoms with Gasteiger partial charge >= 0.3 is 0 Å². The molecule has 3 N–H and O–H groups in total. The normalized spacial score (nSPS) is 10.4. The van der Waals surface area contributed by atoms with Crippen molar-refractivity contribution >= 4 is 5.91 Å². The second-order valence-corrected chi connectivity index (χ2v) is 3.67. The molecule has 0 aromatic carbocycles. The van der Waals surface area contributed by atoms with Crippen molar-refractivity contribution < 1.29 is 9.32 Å². The number of hydrogen-bond acceptors (Lipinski definition) is 6. The van der Waals surface area contributed by atoms with Gasteiger partial charge in [0.2, 0.25) is 11.8 Å². The fourth-order valence-corrected chi connectivity index (χ4v) is 1.39. The monoisotopic (exact) mass is 247 g/mol. The van der Waals surface area contributed by atoms with Crippen LogP contribution in [0.4, 0.5) is 0 Å². The Bertz CT molecular complexity index is 511. The number of hydrogen-bond donors (Lipinski definition) is 2. The van der Waals surface area contributed by atoms with E-state index >= 15 is 0 Å². The second-order valence-electron chi connectivity index (χ2n) is 3.67. The number of amides is 1. The highest BCUT2D eigenvalue weighted by molar-refractivity contribution is 5.75. The smallest absolute Gasteiger partial charge is 0.240 e. The van der Waals surface area contributed by atoms with Crippen LogP contribution in [-0.2, 0) is 17.8 Å². The van der Waals surface area contributed by atoms with E-state index in [4.69, 9.17) is 10.3 Å². The average molecular weight is 247 g/mol. The third kappa shape index (κ3) is 3.63. The van der Waals surface area contributed by atoms with Crippen LogP contribution in [0.2, 0.25) is 0 Å². The highest BCUT2D eigenvalue weighted by Gasteiger charge is 2.07. The molecule has 2 aromatic rings. The number of carbonyl (C=O) groups is 1. The Hall–Kier alpha value is -2.28. The summed E-state index contributed by atoms with van der Waals surface area (Å²) < 4.78 is 5.02. The SMILES string of the molecule is NC(=O)CNCc1nc(Cc2ccccn2)no1. The van der Waals surface area contributed by atoms with Crippen molar-refractivity contribution in [3.8, 4) is 0 Å².